The van der Waals surface area contributed by atoms with Gasteiger partial charge in [-0.3, -0.25) is 4.79 Å². The van der Waals surface area contributed by atoms with Crippen LogP contribution >= 0.6 is 0 Å². The minimum absolute atomic E-state index is 0.100. The molecule has 1 aromatic heterocycles. The van der Waals surface area contributed by atoms with Crippen LogP contribution in [-0.2, 0) is 11.2 Å². The molecule has 0 aliphatic carbocycles. The Bertz CT molecular complexity index is 303. The van der Waals surface area contributed by atoms with Gasteiger partial charge >= 0.3 is 0 Å². The molecule has 0 unspecified atom stereocenters. The van der Waals surface area contributed by atoms with Crippen molar-refractivity contribution in [2.45, 2.75) is 27.2 Å². The molecule has 0 bridgehead atoms. The lowest BCUT2D eigenvalue weighted by molar-refractivity contribution is -0.130. The van der Waals surface area contributed by atoms with Crippen molar-refractivity contribution in [3.8, 4) is 0 Å². The highest BCUT2D eigenvalue weighted by Crippen LogP contribution is 2.04. The first kappa shape index (κ1) is 10.8. The van der Waals surface area contributed by atoms with Gasteiger partial charge < -0.3 is 9.42 Å². The zero-order chi connectivity index (χ0) is 10.6. The van der Waals surface area contributed by atoms with E-state index in [1.54, 1.807) is 11.0 Å². The first-order valence-electron chi connectivity index (χ1n) is 4.87. The molecule has 0 saturated carbocycles. The van der Waals surface area contributed by atoms with Crippen molar-refractivity contribution in [2.75, 3.05) is 13.1 Å². The first-order chi connectivity index (χ1) is 6.67. The number of aryl methyl sites for hydroxylation is 1. The van der Waals surface area contributed by atoms with Crippen molar-refractivity contribution in [3.05, 3.63) is 17.5 Å². The largest absolute Gasteiger partial charge is 0.361 e. The Labute approximate surface area is 83.9 Å². The maximum Gasteiger partial charge on any atom is 0.228 e. The van der Waals surface area contributed by atoms with E-state index >= 15 is 0 Å². The quantitative estimate of drug-likeness (QED) is 0.731. The molecule has 0 aromatic carbocycles. The summed E-state index contributed by atoms with van der Waals surface area (Å²) in [5.41, 5.74) is 0.708. The molecule has 0 atom stereocenters. The van der Waals surface area contributed by atoms with E-state index in [2.05, 4.69) is 5.16 Å². The summed E-state index contributed by atoms with van der Waals surface area (Å²) >= 11 is 0. The zero-order valence-corrected chi connectivity index (χ0v) is 8.91. The number of rotatable bonds is 4. The van der Waals surface area contributed by atoms with Gasteiger partial charge in [-0.2, -0.15) is 0 Å². The van der Waals surface area contributed by atoms with Crippen molar-refractivity contribution in [2.24, 2.45) is 0 Å². The van der Waals surface area contributed by atoms with Gasteiger partial charge in [-0.15, -0.1) is 0 Å². The molecule has 4 heteroatoms. The third kappa shape index (κ3) is 2.58. The van der Waals surface area contributed by atoms with Crippen LogP contribution < -0.4 is 0 Å². The van der Waals surface area contributed by atoms with Gasteiger partial charge in [0.15, 0.2) is 0 Å². The molecule has 0 saturated heterocycles. The molecule has 0 fully saturated rings. The lowest BCUT2D eigenvalue weighted by atomic mass is 10.2. The summed E-state index contributed by atoms with van der Waals surface area (Å²) in [6, 6.07) is 1.79. The average molecular weight is 196 g/mol. The van der Waals surface area contributed by atoms with Gasteiger partial charge in [0, 0.05) is 19.2 Å². The van der Waals surface area contributed by atoms with Gasteiger partial charge in [-0.25, -0.2) is 0 Å². The maximum absolute atomic E-state index is 11.6. The van der Waals surface area contributed by atoms with Crippen LogP contribution in [0.5, 0.6) is 0 Å². The van der Waals surface area contributed by atoms with Crippen LogP contribution in [0.2, 0.25) is 0 Å². The van der Waals surface area contributed by atoms with E-state index < -0.39 is 0 Å². The van der Waals surface area contributed by atoms with Crippen molar-refractivity contribution in [1.82, 2.24) is 10.1 Å². The van der Waals surface area contributed by atoms with E-state index in [0.29, 0.717) is 12.1 Å². The van der Waals surface area contributed by atoms with E-state index in [9.17, 15) is 4.79 Å². The number of aromatic nitrogens is 1. The molecule has 14 heavy (non-hydrogen) atoms. The van der Waals surface area contributed by atoms with Crippen LogP contribution in [0.1, 0.15) is 25.3 Å². The highest BCUT2D eigenvalue weighted by Gasteiger charge is 2.12. The fourth-order valence-corrected chi connectivity index (χ4v) is 1.34. The monoisotopic (exact) mass is 196 g/mol. The predicted octanol–water partition coefficient (Wildman–Crippen LogP) is 1.39. The normalized spacial score (nSPS) is 10.2. The number of carbonyl (C=O) groups excluding carboxylic acids is 1. The summed E-state index contributed by atoms with van der Waals surface area (Å²) in [6.07, 6.45) is 0.332. The molecule has 78 valence electrons. The number of likely N-dealkylation sites (N-methyl/N-ethyl adjacent to an activating group) is 1. The van der Waals surface area contributed by atoms with Gasteiger partial charge in [0.2, 0.25) is 5.91 Å². The second-order valence-corrected chi connectivity index (χ2v) is 3.17. The summed E-state index contributed by atoms with van der Waals surface area (Å²) < 4.78 is 4.89. The molecule has 0 spiro atoms. The van der Waals surface area contributed by atoms with E-state index in [0.717, 1.165) is 18.8 Å². The first-order valence-corrected chi connectivity index (χ1v) is 4.87. The van der Waals surface area contributed by atoms with E-state index in [-0.39, 0.29) is 5.91 Å². The highest BCUT2D eigenvalue weighted by molar-refractivity contribution is 5.78. The van der Waals surface area contributed by atoms with Gasteiger partial charge in [0.25, 0.3) is 0 Å². The smallest absolute Gasteiger partial charge is 0.228 e. The van der Waals surface area contributed by atoms with Crippen LogP contribution in [-0.4, -0.2) is 29.1 Å². The SMILES string of the molecule is CCN(CC)C(=O)Cc1cc(C)on1. The van der Waals surface area contributed by atoms with Crippen LogP contribution in [0.25, 0.3) is 0 Å². The van der Waals surface area contributed by atoms with Gasteiger partial charge in [0.05, 0.1) is 12.1 Å². The molecule has 1 amide bonds. The van der Waals surface area contributed by atoms with Crippen LogP contribution in [0.4, 0.5) is 0 Å². The molecule has 1 heterocycles. The Hall–Kier alpha value is -1.32. The van der Waals surface area contributed by atoms with Crippen LogP contribution in [0.3, 0.4) is 0 Å². The van der Waals surface area contributed by atoms with E-state index in [1.165, 1.54) is 0 Å². The van der Waals surface area contributed by atoms with E-state index in [4.69, 9.17) is 4.52 Å². The summed E-state index contributed by atoms with van der Waals surface area (Å²) in [5.74, 6) is 0.843. The Morgan fingerprint density at radius 2 is 2.14 bits per heavy atom. The maximum atomic E-state index is 11.6. The third-order valence-electron chi connectivity index (χ3n) is 2.13. The summed E-state index contributed by atoms with van der Waals surface area (Å²) in [7, 11) is 0. The predicted molar refractivity (Wildman–Crippen MR) is 52.9 cm³/mol. The lowest BCUT2D eigenvalue weighted by Crippen LogP contribution is -2.31. The summed E-state index contributed by atoms with van der Waals surface area (Å²) in [5, 5.41) is 3.78. The Morgan fingerprint density at radius 1 is 1.50 bits per heavy atom. The fourth-order valence-electron chi connectivity index (χ4n) is 1.34. The number of amides is 1. The third-order valence-corrected chi connectivity index (χ3v) is 2.13. The molecular formula is C10H16N2O2. The number of carbonyl (C=O) groups is 1. The molecular weight excluding hydrogens is 180 g/mol. The van der Waals surface area contributed by atoms with E-state index in [1.807, 2.05) is 20.8 Å². The molecule has 1 aromatic rings. The molecule has 1 rings (SSSR count). The zero-order valence-electron chi connectivity index (χ0n) is 8.91. The summed E-state index contributed by atoms with van der Waals surface area (Å²) in [6.45, 7) is 7.24. The molecule has 0 aliphatic rings. The molecule has 0 N–H and O–H groups in total. The van der Waals surface area contributed by atoms with Crippen molar-refractivity contribution >= 4 is 5.91 Å². The number of hydrogen-bond donors (Lipinski definition) is 0. The van der Waals surface area contributed by atoms with Gasteiger partial charge in [-0.05, 0) is 20.8 Å². The van der Waals surface area contributed by atoms with Gasteiger partial charge in [-0.1, -0.05) is 5.16 Å². The summed E-state index contributed by atoms with van der Waals surface area (Å²) in [4.78, 5) is 13.4. The highest BCUT2D eigenvalue weighted by atomic mass is 16.5. The molecule has 4 nitrogen and oxygen atoms in total. The Kier molecular flexibility index (Phi) is 3.68. The molecule has 0 aliphatic heterocycles. The number of nitrogens with zero attached hydrogens (tertiary/aromatic N) is 2. The fraction of sp³-hybridized carbons (Fsp3) is 0.600. The Balaban J connectivity index is 2.56. The van der Waals surface area contributed by atoms with Crippen molar-refractivity contribution in [3.63, 3.8) is 0 Å². The second kappa shape index (κ2) is 4.79. The van der Waals surface area contributed by atoms with Crippen molar-refractivity contribution in [1.29, 1.82) is 0 Å². The number of hydrogen-bond acceptors (Lipinski definition) is 3. The van der Waals surface area contributed by atoms with Crippen LogP contribution in [0.15, 0.2) is 10.6 Å². The second-order valence-electron chi connectivity index (χ2n) is 3.17. The lowest BCUT2D eigenvalue weighted by Gasteiger charge is -2.17. The molecule has 0 radical (unpaired) electrons. The topological polar surface area (TPSA) is 46.3 Å². The van der Waals surface area contributed by atoms with Crippen LogP contribution in [0, 0.1) is 6.92 Å². The van der Waals surface area contributed by atoms with Crippen molar-refractivity contribution < 1.29 is 9.32 Å². The minimum atomic E-state index is 0.100. The minimum Gasteiger partial charge on any atom is -0.361 e. The van der Waals surface area contributed by atoms with Gasteiger partial charge in [0.1, 0.15) is 5.76 Å². The Morgan fingerprint density at radius 3 is 2.57 bits per heavy atom. The average Bonchev–Trinajstić information content (AvgIpc) is 2.53. The standard InChI is InChI=1S/C10H16N2O2/c1-4-12(5-2)10(13)7-9-6-8(3)14-11-9/h6H,4-5,7H2,1-3H3.